The molecule has 13 heavy (non-hydrogen) atoms. The molecule has 3 nitrogen and oxygen atoms in total. The molecule has 0 saturated carbocycles. The number of carbonyl (C=O) groups is 1. The highest BCUT2D eigenvalue weighted by Crippen LogP contribution is 2.09. The second kappa shape index (κ2) is 5.22. The molecule has 1 N–H and O–H groups in total. The third-order valence-corrected chi connectivity index (χ3v) is 2.22. The molecule has 0 aliphatic carbocycles. The van der Waals surface area contributed by atoms with Crippen molar-refractivity contribution in [2.75, 3.05) is 19.7 Å². The minimum atomic E-state index is -0.0538. The standard InChI is InChI=1S/C10H19NO2/c1-8(2)5-10(12)13-7-9-3-4-11-6-9/h8-9,11H,3-7H2,1-2H3. The van der Waals surface area contributed by atoms with Gasteiger partial charge in [0.1, 0.15) is 0 Å². The van der Waals surface area contributed by atoms with Crippen molar-refractivity contribution in [3.05, 3.63) is 0 Å². The maximum Gasteiger partial charge on any atom is 0.306 e. The second-order valence-corrected chi connectivity index (χ2v) is 4.14. The van der Waals surface area contributed by atoms with Gasteiger partial charge in [-0.15, -0.1) is 0 Å². The lowest BCUT2D eigenvalue weighted by molar-refractivity contribution is -0.145. The second-order valence-electron chi connectivity index (χ2n) is 4.14. The van der Waals surface area contributed by atoms with Crippen LogP contribution in [0.15, 0.2) is 0 Å². The van der Waals surface area contributed by atoms with E-state index in [1.54, 1.807) is 0 Å². The van der Waals surface area contributed by atoms with E-state index in [1.165, 1.54) is 0 Å². The molecule has 1 unspecified atom stereocenters. The first-order valence-corrected chi connectivity index (χ1v) is 5.05. The van der Waals surface area contributed by atoms with Crippen molar-refractivity contribution in [1.29, 1.82) is 0 Å². The summed E-state index contributed by atoms with van der Waals surface area (Å²) in [4.78, 5) is 11.2. The molecule has 1 atom stereocenters. The maximum atomic E-state index is 11.2. The molecule has 0 aromatic heterocycles. The number of hydrogen-bond acceptors (Lipinski definition) is 3. The van der Waals surface area contributed by atoms with Crippen LogP contribution in [0.5, 0.6) is 0 Å². The number of nitrogens with one attached hydrogen (secondary N) is 1. The number of rotatable bonds is 4. The minimum Gasteiger partial charge on any atom is -0.465 e. The van der Waals surface area contributed by atoms with Crippen LogP contribution in [0, 0.1) is 11.8 Å². The fourth-order valence-corrected chi connectivity index (χ4v) is 1.46. The van der Waals surface area contributed by atoms with Gasteiger partial charge in [-0.05, 0) is 18.9 Å². The summed E-state index contributed by atoms with van der Waals surface area (Å²) >= 11 is 0. The van der Waals surface area contributed by atoms with Crippen LogP contribution in [0.2, 0.25) is 0 Å². The Morgan fingerprint density at radius 1 is 1.62 bits per heavy atom. The SMILES string of the molecule is CC(C)CC(=O)OCC1CCNC1. The quantitative estimate of drug-likeness (QED) is 0.668. The molecule has 0 amide bonds. The van der Waals surface area contributed by atoms with E-state index < -0.39 is 0 Å². The number of hydrogen-bond donors (Lipinski definition) is 1. The molecule has 0 aromatic rings. The Balaban J connectivity index is 2.07. The predicted molar refractivity (Wildman–Crippen MR) is 51.4 cm³/mol. The van der Waals surface area contributed by atoms with Crippen molar-refractivity contribution < 1.29 is 9.53 Å². The third-order valence-electron chi connectivity index (χ3n) is 2.22. The van der Waals surface area contributed by atoms with Crippen molar-refractivity contribution in [2.45, 2.75) is 26.7 Å². The first-order valence-electron chi connectivity index (χ1n) is 5.05. The molecule has 76 valence electrons. The third kappa shape index (κ3) is 4.27. The van der Waals surface area contributed by atoms with Crippen molar-refractivity contribution in [2.24, 2.45) is 11.8 Å². The number of esters is 1. The van der Waals surface area contributed by atoms with Gasteiger partial charge in [-0.2, -0.15) is 0 Å². The molecule has 1 fully saturated rings. The summed E-state index contributed by atoms with van der Waals surface area (Å²) in [6, 6.07) is 0. The van der Waals surface area contributed by atoms with Crippen molar-refractivity contribution >= 4 is 5.97 Å². The summed E-state index contributed by atoms with van der Waals surface area (Å²) in [6.45, 7) is 6.71. The van der Waals surface area contributed by atoms with E-state index in [4.69, 9.17) is 4.74 Å². The molecular weight excluding hydrogens is 166 g/mol. The van der Waals surface area contributed by atoms with Crippen LogP contribution in [0.4, 0.5) is 0 Å². The summed E-state index contributed by atoms with van der Waals surface area (Å²) in [6.07, 6.45) is 1.68. The highest BCUT2D eigenvalue weighted by molar-refractivity contribution is 5.69. The van der Waals surface area contributed by atoms with Crippen molar-refractivity contribution in [1.82, 2.24) is 5.32 Å². The van der Waals surface area contributed by atoms with Crippen LogP contribution >= 0.6 is 0 Å². The van der Waals surface area contributed by atoms with E-state index in [0.29, 0.717) is 24.9 Å². The Hall–Kier alpha value is -0.570. The fourth-order valence-electron chi connectivity index (χ4n) is 1.46. The maximum absolute atomic E-state index is 11.2. The highest BCUT2D eigenvalue weighted by Gasteiger charge is 2.16. The van der Waals surface area contributed by atoms with Gasteiger partial charge in [-0.25, -0.2) is 0 Å². The Morgan fingerprint density at radius 2 is 2.38 bits per heavy atom. The molecule has 3 heteroatoms. The molecule has 0 radical (unpaired) electrons. The monoisotopic (exact) mass is 185 g/mol. The number of carbonyl (C=O) groups excluding carboxylic acids is 1. The largest absolute Gasteiger partial charge is 0.465 e. The van der Waals surface area contributed by atoms with Gasteiger partial charge in [0, 0.05) is 18.9 Å². The average molecular weight is 185 g/mol. The molecular formula is C10H19NO2. The van der Waals surface area contributed by atoms with Gasteiger partial charge < -0.3 is 10.1 Å². The number of ether oxygens (including phenoxy) is 1. The Labute approximate surface area is 79.8 Å². The first kappa shape index (κ1) is 10.5. The normalized spacial score (nSPS) is 22.2. The van der Waals surface area contributed by atoms with Gasteiger partial charge in [0.2, 0.25) is 0 Å². The summed E-state index contributed by atoms with van der Waals surface area (Å²) in [5, 5.41) is 3.25. The molecule has 1 aliphatic heterocycles. The van der Waals surface area contributed by atoms with Gasteiger partial charge in [-0.1, -0.05) is 13.8 Å². The van der Waals surface area contributed by atoms with Crippen LogP contribution in [0.25, 0.3) is 0 Å². The summed E-state index contributed by atoms with van der Waals surface area (Å²) < 4.78 is 5.16. The Morgan fingerprint density at radius 3 is 2.92 bits per heavy atom. The van der Waals surface area contributed by atoms with Gasteiger partial charge in [0.15, 0.2) is 0 Å². The lowest BCUT2D eigenvalue weighted by atomic mass is 10.1. The van der Waals surface area contributed by atoms with E-state index >= 15 is 0 Å². The van der Waals surface area contributed by atoms with E-state index in [9.17, 15) is 4.79 Å². The lowest BCUT2D eigenvalue weighted by Gasteiger charge is -2.10. The molecule has 1 rings (SSSR count). The van der Waals surface area contributed by atoms with Crippen LogP contribution in [-0.2, 0) is 9.53 Å². The lowest BCUT2D eigenvalue weighted by Crippen LogP contribution is -2.17. The molecule has 0 bridgehead atoms. The van der Waals surface area contributed by atoms with Gasteiger partial charge in [-0.3, -0.25) is 4.79 Å². The molecule has 1 heterocycles. The Kier molecular flexibility index (Phi) is 4.22. The summed E-state index contributed by atoms with van der Waals surface area (Å²) in [7, 11) is 0. The van der Waals surface area contributed by atoms with E-state index in [0.717, 1.165) is 19.5 Å². The summed E-state index contributed by atoms with van der Waals surface area (Å²) in [5.74, 6) is 0.882. The molecule has 0 aromatic carbocycles. The fraction of sp³-hybridized carbons (Fsp3) is 0.900. The molecule has 1 saturated heterocycles. The van der Waals surface area contributed by atoms with Crippen LogP contribution < -0.4 is 5.32 Å². The first-order chi connectivity index (χ1) is 6.18. The van der Waals surface area contributed by atoms with Crippen LogP contribution in [-0.4, -0.2) is 25.7 Å². The molecule has 1 aliphatic rings. The smallest absolute Gasteiger partial charge is 0.306 e. The summed E-state index contributed by atoms with van der Waals surface area (Å²) in [5.41, 5.74) is 0. The van der Waals surface area contributed by atoms with Crippen LogP contribution in [0.3, 0.4) is 0 Å². The molecule has 0 spiro atoms. The topological polar surface area (TPSA) is 38.3 Å². The van der Waals surface area contributed by atoms with E-state index in [1.807, 2.05) is 13.8 Å². The highest BCUT2D eigenvalue weighted by atomic mass is 16.5. The minimum absolute atomic E-state index is 0.0538. The van der Waals surface area contributed by atoms with Gasteiger partial charge in [0.25, 0.3) is 0 Å². The van der Waals surface area contributed by atoms with E-state index in [2.05, 4.69) is 5.32 Å². The van der Waals surface area contributed by atoms with Crippen LogP contribution in [0.1, 0.15) is 26.7 Å². The average Bonchev–Trinajstić information content (AvgIpc) is 2.51. The van der Waals surface area contributed by atoms with Crippen molar-refractivity contribution in [3.8, 4) is 0 Å². The zero-order valence-corrected chi connectivity index (χ0v) is 8.51. The zero-order valence-electron chi connectivity index (χ0n) is 8.51. The predicted octanol–water partition coefficient (Wildman–Crippen LogP) is 1.19. The van der Waals surface area contributed by atoms with Gasteiger partial charge >= 0.3 is 5.97 Å². The van der Waals surface area contributed by atoms with Gasteiger partial charge in [0.05, 0.1) is 6.61 Å². The van der Waals surface area contributed by atoms with E-state index in [-0.39, 0.29) is 5.97 Å². The van der Waals surface area contributed by atoms with Crippen molar-refractivity contribution in [3.63, 3.8) is 0 Å². The zero-order chi connectivity index (χ0) is 9.68. The Bertz CT molecular complexity index is 162.